The van der Waals surface area contributed by atoms with E-state index in [9.17, 15) is 12.9 Å². The molecule has 1 aromatic rings. The number of hydrogen-bond acceptors (Lipinski definition) is 1. The standard InChI is InChI=1S/C9H10BF3N/c11-10(12,13)7-14-6-5-8-3-1-2-4-9(8)14/h1-4H,5-7H2/q-1. The lowest BCUT2D eigenvalue weighted by Crippen LogP contribution is -2.36. The normalized spacial score (nSPS) is 15.8. The first-order chi connectivity index (χ1) is 6.56. The van der Waals surface area contributed by atoms with E-state index in [1.165, 1.54) is 4.90 Å². The molecular formula is C9H10BF3N-. The van der Waals surface area contributed by atoms with Gasteiger partial charge < -0.3 is 17.8 Å². The van der Waals surface area contributed by atoms with Crippen LogP contribution in [0.2, 0.25) is 0 Å². The van der Waals surface area contributed by atoms with Gasteiger partial charge in [0.15, 0.2) is 0 Å². The van der Waals surface area contributed by atoms with Gasteiger partial charge in [0, 0.05) is 12.2 Å². The van der Waals surface area contributed by atoms with Crippen molar-refractivity contribution in [2.24, 2.45) is 0 Å². The van der Waals surface area contributed by atoms with Crippen molar-refractivity contribution in [3.63, 3.8) is 0 Å². The van der Waals surface area contributed by atoms with Crippen LogP contribution in [0.3, 0.4) is 0 Å². The zero-order valence-electron chi connectivity index (χ0n) is 7.59. The number of para-hydroxylation sites is 1. The van der Waals surface area contributed by atoms with Crippen molar-refractivity contribution in [1.82, 2.24) is 0 Å². The molecule has 0 unspecified atom stereocenters. The molecule has 14 heavy (non-hydrogen) atoms. The van der Waals surface area contributed by atoms with Crippen LogP contribution in [0.4, 0.5) is 18.6 Å². The Morgan fingerprint density at radius 1 is 1.21 bits per heavy atom. The third-order valence-electron chi connectivity index (χ3n) is 2.41. The molecule has 1 nitrogen and oxygen atoms in total. The van der Waals surface area contributed by atoms with E-state index < -0.39 is 13.4 Å². The molecule has 76 valence electrons. The molecule has 0 amide bonds. The lowest BCUT2D eigenvalue weighted by atomic mass is 9.91. The summed E-state index contributed by atoms with van der Waals surface area (Å²) >= 11 is 0. The third-order valence-corrected chi connectivity index (χ3v) is 2.41. The summed E-state index contributed by atoms with van der Waals surface area (Å²) in [4.78, 5) is 1.41. The average molecular weight is 200 g/mol. The van der Waals surface area contributed by atoms with E-state index in [-0.39, 0.29) is 0 Å². The number of hydrogen-bond donors (Lipinski definition) is 0. The molecule has 0 aliphatic carbocycles. The Bertz CT molecular complexity index is 337. The van der Waals surface area contributed by atoms with Crippen molar-refractivity contribution in [2.75, 3.05) is 17.9 Å². The van der Waals surface area contributed by atoms with Gasteiger partial charge in [-0.25, -0.2) is 0 Å². The second kappa shape index (κ2) is 3.22. The second-order valence-electron chi connectivity index (χ2n) is 3.54. The zero-order valence-corrected chi connectivity index (χ0v) is 7.59. The number of nitrogens with zero attached hydrogens (tertiary/aromatic N) is 1. The highest BCUT2D eigenvalue weighted by molar-refractivity contribution is 6.59. The molecule has 2 rings (SSSR count). The van der Waals surface area contributed by atoms with Crippen LogP contribution in [-0.4, -0.2) is 20.0 Å². The Balaban J connectivity index is 2.18. The van der Waals surface area contributed by atoms with Crippen LogP contribution in [0.15, 0.2) is 24.3 Å². The van der Waals surface area contributed by atoms with Crippen molar-refractivity contribution >= 4 is 12.7 Å². The number of halogens is 3. The van der Waals surface area contributed by atoms with E-state index >= 15 is 0 Å². The van der Waals surface area contributed by atoms with Crippen LogP contribution in [0.1, 0.15) is 5.56 Å². The van der Waals surface area contributed by atoms with Crippen LogP contribution in [-0.2, 0) is 6.42 Å². The monoisotopic (exact) mass is 200 g/mol. The third kappa shape index (κ3) is 1.86. The summed E-state index contributed by atoms with van der Waals surface area (Å²) in [5.41, 5.74) is 1.76. The summed E-state index contributed by atoms with van der Waals surface area (Å²) in [5.74, 6) is 0. The average Bonchev–Trinajstić information content (AvgIpc) is 2.47. The van der Waals surface area contributed by atoms with Gasteiger partial charge in [0.05, 0.1) is 0 Å². The van der Waals surface area contributed by atoms with Crippen molar-refractivity contribution in [3.05, 3.63) is 29.8 Å². The predicted octanol–water partition coefficient (Wildman–Crippen LogP) is 2.44. The van der Waals surface area contributed by atoms with Gasteiger partial charge in [-0.05, 0) is 24.5 Å². The first-order valence-corrected chi connectivity index (χ1v) is 4.60. The summed E-state index contributed by atoms with van der Waals surface area (Å²) in [6.07, 6.45) is -0.0562. The number of fused-ring (bicyclic) bond motifs is 1. The fraction of sp³-hybridized carbons (Fsp3) is 0.333. The molecule has 0 radical (unpaired) electrons. The summed E-state index contributed by atoms with van der Waals surface area (Å²) in [6.45, 7) is -4.23. The molecule has 1 aromatic carbocycles. The van der Waals surface area contributed by atoms with Crippen molar-refractivity contribution in [1.29, 1.82) is 0 Å². The van der Waals surface area contributed by atoms with E-state index in [2.05, 4.69) is 0 Å². The topological polar surface area (TPSA) is 3.24 Å². The molecule has 0 fully saturated rings. The summed E-state index contributed by atoms with van der Waals surface area (Å²) in [5, 5.41) is 0. The number of anilines is 1. The molecule has 1 aliphatic rings. The minimum Gasteiger partial charge on any atom is -0.448 e. The molecule has 0 N–H and O–H groups in total. The summed E-state index contributed by atoms with van der Waals surface area (Å²) < 4.78 is 36.7. The summed E-state index contributed by atoms with van der Waals surface area (Å²) in [7, 11) is 0. The minimum atomic E-state index is -4.72. The number of rotatable bonds is 2. The van der Waals surface area contributed by atoms with Gasteiger partial charge in [-0.3, -0.25) is 0 Å². The Morgan fingerprint density at radius 2 is 1.93 bits per heavy atom. The van der Waals surface area contributed by atoms with Gasteiger partial charge in [0.25, 0.3) is 0 Å². The Hall–Kier alpha value is -1.13. The Kier molecular flexibility index (Phi) is 2.17. The quantitative estimate of drug-likeness (QED) is 0.662. The van der Waals surface area contributed by atoms with E-state index in [4.69, 9.17) is 0 Å². The maximum absolute atomic E-state index is 12.2. The van der Waals surface area contributed by atoms with E-state index in [0.717, 1.165) is 17.7 Å². The van der Waals surface area contributed by atoms with E-state index in [0.29, 0.717) is 6.54 Å². The molecule has 0 atom stereocenters. The fourth-order valence-corrected chi connectivity index (χ4v) is 1.85. The first-order valence-electron chi connectivity index (χ1n) is 4.60. The van der Waals surface area contributed by atoms with Gasteiger partial charge >= 0.3 is 6.98 Å². The largest absolute Gasteiger partial charge is 0.497 e. The smallest absolute Gasteiger partial charge is 0.448 e. The van der Waals surface area contributed by atoms with Gasteiger partial charge in [0.1, 0.15) is 0 Å². The predicted molar refractivity (Wildman–Crippen MR) is 51.4 cm³/mol. The maximum atomic E-state index is 12.2. The van der Waals surface area contributed by atoms with Crippen molar-refractivity contribution < 1.29 is 12.9 Å². The Labute approximate surface area is 80.6 Å². The van der Waals surface area contributed by atoms with Crippen LogP contribution in [0.5, 0.6) is 0 Å². The minimum absolute atomic E-state index is 0.487. The lowest BCUT2D eigenvalue weighted by molar-refractivity contribution is 0.468. The molecule has 1 aliphatic heterocycles. The molecule has 0 aromatic heterocycles. The molecule has 0 saturated carbocycles. The van der Waals surface area contributed by atoms with Crippen LogP contribution in [0, 0.1) is 0 Å². The van der Waals surface area contributed by atoms with E-state index in [1.54, 1.807) is 12.1 Å². The second-order valence-corrected chi connectivity index (χ2v) is 3.54. The van der Waals surface area contributed by atoms with E-state index in [1.807, 2.05) is 12.1 Å². The van der Waals surface area contributed by atoms with Crippen LogP contribution in [0.25, 0.3) is 0 Å². The first kappa shape index (κ1) is 9.43. The molecule has 0 saturated heterocycles. The van der Waals surface area contributed by atoms with Crippen LogP contribution < -0.4 is 4.90 Å². The highest BCUT2D eigenvalue weighted by atomic mass is 19.4. The molecule has 0 bridgehead atoms. The van der Waals surface area contributed by atoms with Gasteiger partial charge in [-0.1, -0.05) is 18.2 Å². The summed E-state index contributed by atoms with van der Waals surface area (Å²) in [6, 6.07) is 7.28. The van der Waals surface area contributed by atoms with Gasteiger partial charge in [0.2, 0.25) is 0 Å². The zero-order chi connectivity index (χ0) is 10.2. The highest BCUT2D eigenvalue weighted by Gasteiger charge is 2.29. The van der Waals surface area contributed by atoms with Crippen molar-refractivity contribution in [2.45, 2.75) is 6.42 Å². The molecule has 5 heteroatoms. The Morgan fingerprint density at radius 3 is 2.64 bits per heavy atom. The molecular weight excluding hydrogens is 190 g/mol. The SMILES string of the molecule is F[B-](F)(F)CN1CCc2ccccc21. The van der Waals surface area contributed by atoms with Gasteiger partial charge in [-0.15, -0.1) is 0 Å². The number of benzene rings is 1. The lowest BCUT2D eigenvalue weighted by Gasteiger charge is -2.25. The fourth-order valence-electron chi connectivity index (χ4n) is 1.85. The molecule has 0 spiro atoms. The van der Waals surface area contributed by atoms with Gasteiger partial charge in [-0.2, -0.15) is 0 Å². The highest BCUT2D eigenvalue weighted by Crippen LogP contribution is 2.28. The molecule has 1 heterocycles. The van der Waals surface area contributed by atoms with Crippen LogP contribution >= 0.6 is 0 Å². The van der Waals surface area contributed by atoms with Crippen molar-refractivity contribution in [3.8, 4) is 0 Å². The maximum Gasteiger partial charge on any atom is 0.497 e.